The SMILES string of the molecule is c1cc(-c2ccc3c(c2)oc2ccccc23)cc(-n2c3ccccc3c3c4ccccc4c4c5ccccc5sc4c32)c1. The molecule has 43 heavy (non-hydrogen) atoms. The number of nitrogens with zero attached hydrogens (tertiary/aromatic N) is 1. The van der Waals surface area contributed by atoms with E-state index < -0.39 is 0 Å². The Labute approximate surface area is 250 Å². The van der Waals surface area contributed by atoms with E-state index in [1.807, 2.05) is 23.5 Å². The lowest BCUT2D eigenvalue weighted by Crippen LogP contribution is -1.94. The molecule has 3 aromatic heterocycles. The summed E-state index contributed by atoms with van der Waals surface area (Å²) in [6, 6.07) is 50.4. The molecule has 0 bridgehead atoms. The Kier molecular flexibility index (Phi) is 4.63. The van der Waals surface area contributed by atoms with Crippen LogP contribution in [0, 0.1) is 0 Å². The van der Waals surface area contributed by atoms with Crippen LogP contribution in [-0.4, -0.2) is 4.57 Å². The number of fused-ring (bicyclic) bond motifs is 13. The molecule has 0 fully saturated rings. The molecular weight excluding hydrogens is 543 g/mol. The third-order valence-corrected chi connectivity index (χ3v) is 10.1. The van der Waals surface area contributed by atoms with Gasteiger partial charge in [-0.1, -0.05) is 97.1 Å². The number of rotatable bonds is 2. The van der Waals surface area contributed by atoms with Crippen LogP contribution in [0.5, 0.6) is 0 Å². The molecule has 3 heterocycles. The summed E-state index contributed by atoms with van der Waals surface area (Å²) < 4.78 is 11.4. The lowest BCUT2D eigenvalue weighted by molar-refractivity contribution is 0.669. The highest BCUT2D eigenvalue weighted by molar-refractivity contribution is 7.27. The second-order valence-corrected chi connectivity index (χ2v) is 12.3. The molecule has 2 nitrogen and oxygen atoms in total. The van der Waals surface area contributed by atoms with E-state index >= 15 is 0 Å². The zero-order valence-corrected chi connectivity index (χ0v) is 23.9. The molecule has 7 aromatic carbocycles. The summed E-state index contributed by atoms with van der Waals surface area (Å²) in [4.78, 5) is 0. The summed E-state index contributed by atoms with van der Waals surface area (Å²) in [7, 11) is 0. The van der Waals surface area contributed by atoms with Crippen molar-refractivity contribution in [1.82, 2.24) is 4.57 Å². The fourth-order valence-corrected chi connectivity index (χ4v) is 8.38. The normalized spacial score (nSPS) is 12.2. The number of hydrogen-bond acceptors (Lipinski definition) is 2. The minimum Gasteiger partial charge on any atom is -0.456 e. The van der Waals surface area contributed by atoms with Gasteiger partial charge >= 0.3 is 0 Å². The van der Waals surface area contributed by atoms with Crippen molar-refractivity contribution in [2.45, 2.75) is 0 Å². The largest absolute Gasteiger partial charge is 0.456 e. The van der Waals surface area contributed by atoms with Gasteiger partial charge in [0.2, 0.25) is 0 Å². The number of hydrogen-bond donors (Lipinski definition) is 0. The van der Waals surface area contributed by atoms with Crippen LogP contribution < -0.4 is 0 Å². The lowest BCUT2D eigenvalue weighted by Gasteiger charge is -2.12. The van der Waals surface area contributed by atoms with E-state index in [-0.39, 0.29) is 0 Å². The van der Waals surface area contributed by atoms with E-state index in [2.05, 4.69) is 132 Å². The Morgan fingerprint density at radius 3 is 2.02 bits per heavy atom. The third-order valence-electron chi connectivity index (χ3n) is 8.97. The van der Waals surface area contributed by atoms with Gasteiger partial charge in [-0.2, -0.15) is 0 Å². The first-order chi connectivity index (χ1) is 21.3. The van der Waals surface area contributed by atoms with E-state index in [0.29, 0.717) is 0 Å². The van der Waals surface area contributed by atoms with E-state index in [4.69, 9.17) is 4.42 Å². The van der Waals surface area contributed by atoms with Gasteiger partial charge in [0, 0.05) is 42.7 Å². The van der Waals surface area contributed by atoms with Crippen LogP contribution >= 0.6 is 11.3 Å². The van der Waals surface area contributed by atoms with Gasteiger partial charge in [0.05, 0.1) is 15.7 Å². The van der Waals surface area contributed by atoms with Crippen molar-refractivity contribution < 1.29 is 4.42 Å². The van der Waals surface area contributed by atoms with Crippen LogP contribution in [-0.2, 0) is 0 Å². The quantitative estimate of drug-likeness (QED) is 0.204. The van der Waals surface area contributed by atoms with Crippen molar-refractivity contribution in [2.75, 3.05) is 0 Å². The molecule has 3 heteroatoms. The van der Waals surface area contributed by atoms with Gasteiger partial charge in [-0.15, -0.1) is 11.3 Å². The molecule has 200 valence electrons. The molecule has 0 N–H and O–H groups in total. The second kappa shape index (κ2) is 8.57. The van der Waals surface area contributed by atoms with Gasteiger partial charge in [-0.25, -0.2) is 0 Å². The summed E-state index contributed by atoms with van der Waals surface area (Å²) in [5.74, 6) is 0. The fourth-order valence-electron chi connectivity index (χ4n) is 7.12. The number of para-hydroxylation sites is 2. The zero-order chi connectivity index (χ0) is 28.1. The highest BCUT2D eigenvalue weighted by Gasteiger charge is 2.21. The van der Waals surface area contributed by atoms with Gasteiger partial charge in [0.1, 0.15) is 11.2 Å². The molecule has 0 spiro atoms. The molecule has 10 rings (SSSR count). The maximum atomic E-state index is 6.25. The first-order valence-electron chi connectivity index (χ1n) is 14.6. The van der Waals surface area contributed by atoms with Crippen LogP contribution in [0.3, 0.4) is 0 Å². The van der Waals surface area contributed by atoms with E-state index in [9.17, 15) is 0 Å². The van der Waals surface area contributed by atoms with Crippen molar-refractivity contribution >= 4 is 86.0 Å². The summed E-state index contributed by atoms with van der Waals surface area (Å²) >= 11 is 1.90. The van der Waals surface area contributed by atoms with Gasteiger partial charge in [0.15, 0.2) is 0 Å². The Balaban J connectivity index is 1.30. The molecular formula is C40H23NOS. The van der Waals surface area contributed by atoms with Crippen molar-refractivity contribution in [1.29, 1.82) is 0 Å². The van der Waals surface area contributed by atoms with Crippen molar-refractivity contribution in [2.24, 2.45) is 0 Å². The number of thiophene rings is 1. The first-order valence-corrected chi connectivity index (χ1v) is 15.4. The average Bonchev–Trinajstić information content (AvgIpc) is 3.74. The lowest BCUT2D eigenvalue weighted by atomic mass is 9.99. The molecule has 0 aliphatic carbocycles. The van der Waals surface area contributed by atoms with E-state index in [1.165, 1.54) is 58.3 Å². The molecule has 0 unspecified atom stereocenters. The predicted octanol–water partition coefficient (Wildman–Crippen LogP) is 11.9. The third kappa shape index (κ3) is 3.17. The van der Waals surface area contributed by atoms with Crippen LogP contribution in [0.15, 0.2) is 144 Å². The molecule has 0 saturated heterocycles. The minimum absolute atomic E-state index is 0.916. The Hall–Kier alpha value is -5.38. The van der Waals surface area contributed by atoms with Crippen LogP contribution in [0.1, 0.15) is 0 Å². The standard InChI is InChI=1S/C40H23NOS/c1-2-14-30-29(13-1)37-31-15-3-6-17-33(31)41(39(37)40-38(30)32-16-5-8-19-36(32)43-40)26-11-9-10-24(22-26)25-20-21-28-27-12-4-7-18-34(27)42-35(28)23-25/h1-23H. The molecule has 10 aromatic rings. The average molecular weight is 566 g/mol. The second-order valence-electron chi connectivity index (χ2n) is 11.3. The van der Waals surface area contributed by atoms with Crippen LogP contribution in [0.4, 0.5) is 0 Å². The topological polar surface area (TPSA) is 18.1 Å². The molecule has 0 radical (unpaired) electrons. The number of furan rings is 1. The number of benzene rings is 7. The monoisotopic (exact) mass is 565 g/mol. The van der Waals surface area contributed by atoms with E-state index in [1.54, 1.807) is 0 Å². The van der Waals surface area contributed by atoms with Gasteiger partial charge in [-0.3, -0.25) is 0 Å². The molecule has 0 aliphatic heterocycles. The number of aromatic nitrogens is 1. The highest BCUT2D eigenvalue weighted by Crippen LogP contribution is 2.48. The summed E-state index contributed by atoms with van der Waals surface area (Å²) in [5.41, 5.74) is 7.80. The van der Waals surface area contributed by atoms with Crippen molar-refractivity contribution in [3.63, 3.8) is 0 Å². The van der Waals surface area contributed by atoms with Crippen molar-refractivity contribution in [3.05, 3.63) is 140 Å². The van der Waals surface area contributed by atoms with Gasteiger partial charge in [-0.05, 0) is 64.4 Å². The Morgan fingerprint density at radius 1 is 0.465 bits per heavy atom. The Morgan fingerprint density at radius 2 is 1.14 bits per heavy atom. The summed E-state index contributed by atoms with van der Waals surface area (Å²) in [6.45, 7) is 0. The highest BCUT2D eigenvalue weighted by atomic mass is 32.1. The fraction of sp³-hybridized carbons (Fsp3) is 0. The summed E-state index contributed by atoms with van der Waals surface area (Å²) in [6.07, 6.45) is 0. The van der Waals surface area contributed by atoms with E-state index in [0.717, 1.165) is 33.2 Å². The minimum atomic E-state index is 0.916. The maximum Gasteiger partial charge on any atom is 0.136 e. The summed E-state index contributed by atoms with van der Waals surface area (Å²) in [5, 5.41) is 10.2. The van der Waals surface area contributed by atoms with Gasteiger partial charge < -0.3 is 8.98 Å². The predicted molar refractivity (Wildman–Crippen MR) is 184 cm³/mol. The molecule has 0 saturated carbocycles. The van der Waals surface area contributed by atoms with Gasteiger partial charge in [0.25, 0.3) is 0 Å². The van der Waals surface area contributed by atoms with Crippen molar-refractivity contribution in [3.8, 4) is 16.8 Å². The van der Waals surface area contributed by atoms with Crippen LogP contribution in [0.25, 0.3) is 91.5 Å². The smallest absolute Gasteiger partial charge is 0.136 e. The molecule has 0 aliphatic rings. The van der Waals surface area contributed by atoms with Crippen LogP contribution in [0.2, 0.25) is 0 Å². The maximum absolute atomic E-state index is 6.25. The molecule has 0 atom stereocenters. The first kappa shape index (κ1) is 23.2. The Bertz CT molecular complexity index is 2740. The zero-order valence-electron chi connectivity index (χ0n) is 23.0. The molecule has 0 amide bonds.